The lowest BCUT2D eigenvalue weighted by Gasteiger charge is -2.19. The van der Waals surface area contributed by atoms with Crippen molar-refractivity contribution < 1.29 is 19.5 Å². The first kappa shape index (κ1) is 26.5. The molecule has 0 aliphatic carbocycles. The van der Waals surface area contributed by atoms with E-state index >= 15 is 0 Å². The number of aliphatic carboxylic acids is 1. The van der Waals surface area contributed by atoms with Crippen LogP contribution in [-0.2, 0) is 15.0 Å². The predicted octanol–water partition coefficient (Wildman–Crippen LogP) is 4.73. The summed E-state index contributed by atoms with van der Waals surface area (Å²) in [6.07, 6.45) is 3.61. The number of carboxylic acid groups (broad SMARTS) is 1. The molecule has 2 rings (SSSR count). The third kappa shape index (κ3) is 8.26. The Kier molecular flexibility index (Phi) is 9.56. The number of carboxylic acids is 1. The number of nitrogens with one attached hydrogen (secondary N) is 2. The molecule has 1 atom stereocenters. The molecule has 0 aliphatic heterocycles. The SMILES string of the molecule is CSCCC(NC(=O)/C(=C/c1ccc(Cl)cc1)NC(=O)c1ccc(C(C)(C)C)cc1)C(=O)O. The van der Waals surface area contributed by atoms with Crippen LogP contribution < -0.4 is 10.6 Å². The summed E-state index contributed by atoms with van der Waals surface area (Å²) in [6.45, 7) is 6.24. The molecular weight excluding hydrogens is 460 g/mol. The van der Waals surface area contributed by atoms with Gasteiger partial charge in [0.15, 0.2) is 0 Å². The molecular formula is C25H29ClN2O4S. The van der Waals surface area contributed by atoms with Crippen molar-refractivity contribution in [2.75, 3.05) is 12.0 Å². The van der Waals surface area contributed by atoms with Crippen LogP contribution in [0.25, 0.3) is 6.08 Å². The smallest absolute Gasteiger partial charge is 0.326 e. The Hall–Kier alpha value is -2.77. The monoisotopic (exact) mass is 488 g/mol. The number of halogens is 1. The van der Waals surface area contributed by atoms with E-state index in [2.05, 4.69) is 31.4 Å². The number of amides is 2. The van der Waals surface area contributed by atoms with Crippen LogP contribution in [0.1, 0.15) is 48.7 Å². The van der Waals surface area contributed by atoms with Gasteiger partial charge in [0, 0.05) is 10.6 Å². The van der Waals surface area contributed by atoms with E-state index in [1.165, 1.54) is 17.8 Å². The van der Waals surface area contributed by atoms with Crippen LogP contribution in [-0.4, -0.2) is 40.9 Å². The molecule has 0 radical (unpaired) electrons. The van der Waals surface area contributed by atoms with Gasteiger partial charge in [-0.1, -0.05) is 56.6 Å². The molecule has 6 nitrogen and oxygen atoms in total. The molecule has 176 valence electrons. The van der Waals surface area contributed by atoms with Crippen molar-refractivity contribution in [3.05, 3.63) is 75.9 Å². The average molecular weight is 489 g/mol. The Morgan fingerprint density at radius 3 is 2.18 bits per heavy atom. The minimum absolute atomic E-state index is 0.0578. The van der Waals surface area contributed by atoms with Gasteiger partial charge in [-0.25, -0.2) is 4.79 Å². The topological polar surface area (TPSA) is 95.5 Å². The van der Waals surface area contributed by atoms with Crippen LogP contribution in [0.2, 0.25) is 5.02 Å². The van der Waals surface area contributed by atoms with Crippen molar-refractivity contribution in [3.63, 3.8) is 0 Å². The van der Waals surface area contributed by atoms with Crippen LogP contribution in [0.15, 0.2) is 54.2 Å². The van der Waals surface area contributed by atoms with Gasteiger partial charge in [0.1, 0.15) is 11.7 Å². The Morgan fingerprint density at radius 2 is 1.67 bits per heavy atom. The maximum atomic E-state index is 13.0. The van der Waals surface area contributed by atoms with Gasteiger partial charge in [0.25, 0.3) is 11.8 Å². The molecule has 33 heavy (non-hydrogen) atoms. The first-order valence-electron chi connectivity index (χ1n) is 10.4. The fourth-order valence-corrected chi connectivity index (χ4v) is 3.53. The van der Waals surface area contributed by atoms with Gasteiger partial charge in [0.2, 0.25) is 0 Å². The van der Waals surface area contributed by atoms with E-state index in [1.807, 2.05) is 18.4 Å². The molecule has 2 aromatic rings. The summed E-state index contributed by atoms with van der Waals surface area (Å²) >= 11 is 7.42. The molecule has 0 aliphatic rings. The van der Waals surface area contributed by atoms with Gasteiger partial charge in [-0.05, 0) is 65.3 Å². The normalized spacial score (nSPS) is 12.7. The third-order valence-electron chi connectivity index (χ3n) is 4.90. The van der Waals surface area contributed by atoms with E-state index in [0.717, 1.165) is 5.56 Å². The zero-order valence-corrected chi connectivity index (χ0v) is 20.7. The van der Waals surface area contributed by atoms with Crippen LogP contribution in [0, 0.1) is 0 Å². The summed E-state index contributed by atoms with van der Waals surface area (Å²) in [5.74, 6) is -1.72. The average Bonchev–Trinajstić information content (AvgIpc) is 2.76. The van der Waals surface area contributed by atoms with Crippen LogP contribution in [0.3, 0.4) is 0 Å². The zero-order valence-electron chi connectivity index (χ0n) is 19.1. The molecule has 0 heterocycles. The molecule has 8 heteroatoms. The third-order valence-corrected chi connectivity index (χ3v) is 5.80. The van der Waals surface area contributed by atoms with E-state index in [9.17, 15) is 19.5 Å². The molecule has 0 bridgehead atoms. The van der Waals surface area contributed by atoms with E-state index < -0.39 is 23.8 Å². The van der Waals surface area contributed by atoms with E-state index in [4.69, 9.17) is 11.6 Å². The second kappa shape index (κ2) is 11.9. The van der Waals surface area contributed by atoms with Crippen LogP contribution >= 0.6 is 23.4 Å². The second-order valence-corrected chi connectivity index (χ2v) is 9.96. The molecule has 0 aromatic heterocycles. The maximum Gasteiger partial charge on any atom is 0.326 e. The number of carbonyl (C=O) groups is 3. The summed E-state index contributed by atoms with van der Waals surface area (Å²) < 4.78 is 0. The number of benzene rings is 2. The highest BCUT2D eigenvalue weighted by Crippen LogP contribution is 2.22. The van der Waals surface area contributed by atoms with Gasteiger partial charge in [0.05, 0.1) is 0 Å². The highest BCUT2D eigenvalue weighted by atomic mass is 35.5. The van der Waals surface area contributed by atoms with E-state index in [1.54, 1.807) is 36.4 Å². The van der Waals surface area contributed by atoms with E-state index in [0.29, 0.717) is 21.9 Å². The summed E-state index contributed by atoms with van der Waals surface area (Å²) in [7, 11) is 0. The maximum absolute atomic E-state index is 13.0. The van der Waals surface area contributed by atoms with Gasteiger partial charge in [-0.3, -0.25) is 9.59 Å². The highest BCUT2D eigenvalue weighted by Gasteiger charge is 2.23. The quantitative estimate of drug-likeness (QED) is 0.443. The van der Waals surface area contributed by atoms with Crippen molar-refractivity contribution in [1.82, 2.24) is 10.6 Å². The first-order valence-corrected chi connectivity index (χ1v) is 12.2. The summed E-state index contributed by atoms with van der Waals surface area (Å²) in [5.41, 5.74) is 1.97. The fourth-order valence-electron chi connectivity index (χ4n) is 2.93. The highest BCUT2D eigenvalue weighted by molar-refractivity contribution is 7.98. The molecule has 3 N–H and O–H groups in total. The molecule has 2 aromatic carbocycles. The van der Waals surface area contributed by atoms with Crippen molar-refractivity contribution in [2.24, 2.45) is 0 Å². The predicted molar refractivity (Wildman–Crippen MR) is 135 cm³/mol. The summed E-state index contributed by atoms with van der Waals surface area (Å²) in [5, 5.41) is 15.1. The summed E-state index contributed by atoms with van der Waals surface area (Å²) in [4.78, 5) is 37.4. The number of rotatable bonds is 9. The molecule has 0 fully saturated rings. The standard InChI is InChI=1S/C25H29ClN2O4S/c1-25(2,3)18-9-7-17(8-10-18)22(29)28-21(15-16-5-11-19(26)12-6-16)23(30)27-20(24(31)32)13-14-33-4/h5-12,15,20H,13-14H2,1-4H3,(H,27,30)(H,28,29)(H,31,32)/b21-15-. The van der Waals surface area contributed by atoms with Crippen molar-refractivity contribution in [2.45, 2.75) is 38.6 Å². The van der Waals surface area contributed by atoms with Crippen LogP contribution in [0.5, 0.6) is 0 Å². The Morgan fingerprint density at radius 1 is 1.06 bits per heavy atom. The lowest BCUT2D eigenvalue weighted by atomic mass is 9.87. The zero-order chi connectivity index (χ0) is 24.6. The van der Waals surface area contributed by atoms with Gasteiger partial charge in [-0.2, -0.15) is 11.8 Å². The minimum atomic E-state index is -1.13. The van der Waals surface area contributed by atoms with Crippen molar-refractivity contribution in [1.29, 1.82) is 0 Å². The fraction of sp³-hybridized carbons (Fsp3) is 0.320. The minimum Gasteiger partial charge on any atom is -0.480 e. The number of carbonyl (C=O) groups excluding carboxylic acids is 2. The molecule has 1 unspecified atom stereocenters. The van der Waals surface area contributed by atoms with Gasteiger partial charge < -0.3 is 15.7 Å². The number of thioether (sulfide) groups is 1. The number of hydrogen-bond acceptors (Lipinski definition) is 4. The Labute approximate surface area is 203 Å². The summed E-state index contributed by atoms with van der Waals surface area (Å²) in [6, 6.07) is 12.8. The van der Waals surface area contributed by atoms with Crippen LogP contribution in [0.4, 0.5) is 0 Å². The number of hydrogen-bond donors (Lipinski definition) is 3. The Bertz CT molecular complexity index is 1010. The largest absolute Gasteiger partial charge is 0.480 e. The first-order chi connectivity index (χ1) is 15.5. The van der Waals surface area contributed by atoms with E-state index in [-0.39, 0.29) is 17.5 Å². The van der Waals surface area contributed by atoms with Gasteiger partial charge in [-0.15, -0.1) is 0 Å². The molecule has 0 saturated heterocycles. The second-order valence-electron chi connectivity index (χ2n) is 8.54. The van der Waals surface area contributed by atoms with Crippen molar-refractivity contribution in [3.8, 4) is 0 Å². The molecule has 2 amide bonds. The molecule has 0 saturated carbocycles. The lowest BCUT2D eigenvalue weighted by molar-refractivity contribution is -0.141. The lowest BCUT2D eigenvalue weighted by Crippen LogP contribution is -2.44. The van der Waals surface area contributed by atoms with Gasteiger partial charge >= 0.3 is 5.97 Å². The van der Waals surface area contributed by atoms with Crippen molar-refractivity contribution >= 4 is 47.2 Å². The Balaban J connectivity index is 2.30. The molecule has 0 spiro atoms.